The van der Waals surface area contributed by atoms with Crippen molar-refractivity contribution in [3.63, 3.8) is 0 Å². The Labute approximate surface area is 133 Å². The molecule has 5 heteroatoms. The Bertz CT molecular complexity index is 790. The fraction of sp³-hybridized carbons (Fsp3) is 0.294. The van der Waals surface area contributed by atoms with E-state index >= 15 is 0 Å². The molecule has 110 valence electrons. The number of hydrogen-bond acceptors (Lipinski definition) is 5. The molecule has 1 aromatic heterocycles. The number of anilines is 1. The SMILES string of the molecule is C1=Nc2sc3c(c2C2=NCCN12)CCN(c1ccccc1)C3. The maximum absolute atomic E-state index is 4.70. The average Bonchev–Trinajstić information content (AvgIpc) is 3.18. The summed E-state index contributed by atoms with van der Waals surface area (Å²) in [4.78, 5) is 15.5. The lowest BCUT2D eigenvalue weighted by Crippen LogP contribution is -2.32. The minimum absolute atomic E-state index is 0.890. The summed E-state index contributed by atoms with van der Waals surface area (Å²) in [5.74, 6) is 1.15. The Hall–Kier alpha value is -2.14. The number of fused-ring (bicyclic) bond motifs is 5. The molecule has 0 amide bonds. The van der Waals surface area contributed by atoms with Gasteiger partial charge in [0.25, 0.3) is 0 Å². The third-order valence-electron chi connectivity index (χ3n) is 4.57. The molecule has 4 nitrogen and oxygen atoms in total. The maximum Gasteiger partial charge on any atom is 0.139 e. The first-order valence-corrected chi connectivity index (χ1v) is 8.52. The van der Waals surface area contributed by atoms with Crippen LogP contribution >= 0.6 is 11.3 Å². The fourth-order valence-corrected chi connectivity index (χ4v) is 4.68. The van der Waals surface area contributed by atoms with E-state index in [1.54, 1.807) is 0 Å². The van der Waals surface area contributed by atoms with Crippen LogP contribution in [0.4, 0.5) is 10.7 Å². The smallest absolute Gasteiger partial charge is 0.139 e. The predicted molar refractivity (Wildman–Crippen MR) is 91.8 cm³/mol. The van der Waals surface area contributed by atoms with Gasteiger partial charge in [0.15, 0.2) is 0 Å². The van der Waals surface area contributed by atoms with Gasteiger partial charge < -0.3 is 9.80 Å². The predicted octanol–water partition coefficient (Wildman–Crippen LogP) is 3.05. The van der Waals surface area contributed by atoms with Crippen LogP contribution in [0, 0.1) is 0 Å². The monoisotopic (exact) mass is 308 g/mol. The molecule has 22 heavy (non-hydrogen) atoms. The Morgan fingerprint density at radius 1 is 1.09 bits per heavy atom. The van der Waals surface area contributed by atoms with E-state index in [0.717, 1.165) is 43.4 Å². The third kappa shape index (κ3) is 1.75. The van der Waals surface area contributed by atoms with Gasteiger partial charge in [-0.05, 0) is 24.1 Å². The van der Waals surface area contributed by atoms with Gasteiger partial charge in [-0.25, -0.2) is 4.99 Å². The van der Waals surface area contributed by atoms with E-state index in [4.69, 9.17) is 4.99 Å². The number of aliphatic imine (C=N–C) groups is 2. The molecular weight excluding hydrogens is 292 g/mol. The van der Waals surface area contributed by atoms with Crippen LogP contribution in [0.1, 0.15) is 16.0 Å². The zero-order valence-electron chi connectivity index (χ0n) is 12.2. The number of amidine groups is 1. The van der Waals surface area contributed by atoms with Crippen molar-refractivity contribution in [3.8, 4) is 0 Å². The Morgan fingerprint density at radius 3 is 2.91 bits per heavy atom. The van der Waals surface area contributed by atoms with Gasteiger partial charge in [-0.2, -0.15) is 0 Å². The molecule has 0 radical (unpaired) electrons. The number of nitrogens with zero attached hydrogens (tertiary/aromatic N) is 4. The normalized spacial score (nSPS) is 18.8. The van der Waals surface area contributed by atoms with E-state index in [-0.39, 0.29) is 0 Å². The molecule has 0 aliphatic carbocycles. The summed E-state index contributed by atoms with van der Waals surface area (Å²) in [5.41, 5.74) is 4.10. The summed E-state index contributed by atoms with van der Waals surface area (Å²) in [6.07, 6.45) is 3.03. The lowest BCUT2D eigenvalue weighted by molar-refractivity contribution is 0.678. The fourth-order valence-electron chi connectivity index (χ4n) is 3.49. The molecule has 5 rings (SSSR count). The van der Waals surface area contributed by atoms with E-state index in [2.05, 4.69) is 45.1 Å². The lowest BCUT2D eigenvalue weighted by Gasteiger charge is -2.29. The quantitative estimate of drug-likeness (QED) is 0.811. The minimum Gasteiger partial charge on any atom is -0.366 e. The molecule has 1 aromatic carbocycles. The molecule has 2 aromatic rings. The Kier molecular flexibility index (Phi) is 2.64. The number of thiophene rings is 1. The molecule has 0 spiro atoms. The van der Waals surface area contributed by atoms with Crippen molar-refractivity contribution in [3.05, 3.63) is 46.3 Å². The van der Waals surface area contributed by atoms with E-state index in [9.17, 15) is 0 Å². The topological polar surface area (TPSA) is 31.2 Å². The largest absolute Gasteiger partial charge is 0.366 e. The second kappa shape index (κ2) is 4.68. The molecule has 3 aliphatic heterocycles. The van der Waals surface area contributed by atoms with Crippen LogP contribution in [-0.4, -0.2) is 36.7 Å². The first kappa shape index (κ1) is 12.4. The van der Waals surface area contributed by atoms with Gasteiger partial charge in [-0.15, -0.1) is 11.3 Å². The number of benzene rings is 1. The van der Waals surface area contributed by atoms with Crippen molar-refractivity contribution >= 4 is 34.2 Å². The van der Waals surface area contributed by atoms with Gasteiger partial charge in [-0.3, -0.25) is 4.99 Å². The van der Waals surface area contributed by atoms with Gasteiger partial charge >= 0.3 is 0 Å². The second-order valence-corrected chi connectivity index (χ2v) is 6.92. The van der Waals surface area contributed by atoms with Gasteiger partial charge in [0, 0.05) is 23.7 Å². The van der Waals surface area contributed by atoms with Crippen LogP contribution in [0.5, 0.6) is 0 Å². The third-order valence-corrected chi connectivity index (χ3v) is 5.70. The molecular formula is C17H16N4S. The van der Waals surface area contributed by atoms with Crippen molar-refractivity contribution in [2.45, 2.75) is 13.0 Å². The highest BCUT2D eigenvalue weighted by molar-refractivity contribution is 7.16. The molecule has 0 atom stereocenters. The summed E-state index contributed by atoms with van der Waals surface area (Å²) in [7, 11) is 0. The molecule has 0 bridgehead atoms. The molecule has 0 fully saturated rings. The summed E-state index contributed by atoms with van der Waals surface area (Å²) in [6, 6.07) is 10.7. The van der Waals surface area contributed by atoms with Crippen molar-refractivity contribution in [2.75, 3.05) is 24.5 Å². The van der Waals surface area contributed by atoms with Crippen molar-refractivity contribution in [2.24, 2.45) is 9.98 Å². The molecule has 3 aliphatic rings. The Morgan fingerprint density at radius 2 is 2.00 bits per heavy atom. The summed E-state index contributed by atoms with van der Waals surface area (Å²) >= 11 is 1.84. The summed E-state index contributed by atoms with van der Waals surface area (Å²) in [5, 5.41) is 1.15. The van der Waals surface area contributed by atoms with Gasteiger partial charge in [-0.1, -0.05) is 18.2 Å². The van der Waals surface area contributed by atoms with E-state index in [0.29, 0.717) is 0 Å². The highest BCUT2D eigenvalue weighted by Crippen LogP contribution is 2.42. The molecule has 0 saturated heterocycles. The number of hydrogen-bond donors (Lipinski definition) is 0. The maximum atomic E-state index is 4.70. The van der Waals surface area contributed by atoms with Gasteiger partial charge in [0.1, 0.15) is 10.8 Å². The highest BCUT2D eigenvalue weighted by atomic mass is 32.1. The van der Waals surface area contributed by atoms with Crippen molar-refractivity contribution in [1.82, 2.24) is 4.90 Å². The van der Waals surface area contributed by atoms with Gasteiger partial charge in [0.2, 0.25) is 0 Å². The standard InChI is InChI=1S/C17H16N4S/c1-2-4-12(5-3-1)20-8-6-13-14(10-20)22-17-15(13)16-18-7-9-21(16)11-19-17/h1-5,11H,6-10H2. The second-order valence-electron chi connectivity index (χ2n) is 5.83. The molecule has 4 heterocycles. The zero-order chi connectivity index (χ0) is 14.5. The molecule has 0 saturated carbocycles. The van der Waals surface area contributed by atoms with E-state index in [1.807, 2.05) is 17.7 Å². The molecule has 0 N–H and O–H groups in total. The minimum atomic E-state index is 0.890. The van der Waals surface area contributed by atoms with Crippen LogP contribution in [0.15, 0.2) is 40.3 Å². The van der Waals surface area contributed by atoms with E-state index < -0.39 is 0 Å². The van der Waals surface area contributed by atoms with Crippen LogP contribution in [0.25, 0.3) is 0 Å². The number of rotatable bonds is 1. The summed E-state index contributed by atoms with van der Waals surface area (Å²) < 4.78 is 0. The van der Waals surface area contributed by atoms with E-state index in [1.165, 1.54) is 21.7 Å². The van der Waals surface area contributed by atoms with Crippen LogP contribution < -0.4 is 4.90 Å². The summed E-state index contributed by atoms with van der Waals surface area (Å²) in [6.45, 7) is 3.91. The number of para-hydroxylation sites is 1. The average molecular weight is 308 g/mol. The Balaban J connectivity index is 1.54. The lowest BCUT2D eigenvalue weighted by atomic mass is 10.0. The van der Waals surface area contributed by atoms with Crippen molar-refractivity contribution in [1.29, 1.82) is 0 Å². The molecule has 0 unspecified atom stereocenters. The zero-order valence-corrected chi connectivity index (χ0v) is 13.0. The highest BCUT2D eigenvalue weighted by Gasteiger charge is 2.32. The van der Waals surface area contributed by atoms with Crippen LogP contribution in [-0.2, 0) is 13.0 Å². The van der Waals surface area contributed by atoms with Crippen LogP contribution in [0.2, 0.25) is 0 Å². The first-order chi connectivity index (χ1) is 10.9. The van der Waals surface area contributed by atoms with Crippen molar-refractivity contribution < 1.29 is 0 Å². The first-order valence-electron chi connectivity index (χ1n) is 7.70. The van der Waals surface area contributed by atoms with Gasteiger partial charge in [0.05, 0.1) is 25.0 Å². The van der Waals surface area contributed by atoms with Crippen LogP contribution in [0.3, 0.4) is 0 Å².